The number of anilines is 1. The fourth-order valence-electron chi connectivity index (χ4n) is 2.66. The van der Waals surface area contributed by atoms with Crippen molar-refractivity contribution in [2.75, 3.05) is 12.8 Å². The fourth-order valence-corrected chi connectivity index (χ4v) is 5.65. The number of rotatable bonds is 3. The van der Waals surface area contributed by atoms with Crippen LogP contribution in [0.4, 0.5) is 5.69 Å². The van der Waals surface area contributed by atoms with Crippen LogP contribution >= 0.6 is 11.3 Å². The summed E-state index contributed by atoms with van der Waals surface area (Å²) in [5.41, 5.74) is 7.37. The van der Waals surface area contributed by atoms with E-state index in [9.17, 15) is 4.21 Å². The summed E-state index contributed by atoms with van der Waals surface area (Å²) in [6.45, 7) is 0. The van der Waals surface area contributed by atoms with Gasteiger partial charge >= 0.3 is 0 Å². The second kappa shape index (κ2) is 5.79. The zero-order valence-corrected chi connectivity index (χ0v) is 13.0. The van der Waals surface area contributed by atoms with Crippen LogP contribution in [0.25, 0.3) is 10.2 Å². The fraction of sp³-hybridized carbons (Fsp3) is 0.500. The van der Waals surface area contributed by atoms with E-state index in [1.807, 2.05) is 18.2 Å². The molecule has 0 spiro atoms. The molecule has 1 aromatic carbocycles. The first-order valence-electron chi connectivity index (χ1n) is 6.77. The maximum absolute atomic E-state index is 12.7. The van der Waals surface area contributed by atoms with Crippen molar-refractivity contribution in [3.63, 3.8) is 0 Å². The molecule has 1 aromatic heterocycles. The quantitative estimate of drug-likeness (QED) is 0.885. The van der Waals surface area contributed by atoms with Crippen LogP contribution in [0.15, 0.2) is 22.5 Å². The Morgan fingerprint density at radius 2 is 2.30 bits per heavy atom. The summed E-state index contributed by atoms with van der Waals surface area (Å²) in [4.78, 5) is 4.50. The van der Waals surface area contributed by atoms with E-state index in [2.05, 4.69) is 4.98 Å². The number of methoxy groups -OCH3 is 1. The van der Waals surface area contributed by atoms with Gasteiger partial charge in [-0.2, -0.15) is 0 Å². The van der Waals surface area contributed by atoms with Gasteiger partial charge in [-0.25, -0.2) is 4.98 Å². The monoisotopic (exact) mass is 310 g/mol. The number of aromatic nitrogens is 1. The second-order valence-electron chi connectivity index (χ2n) is 5.15. The topological polar surface area (TPSA) is 65.2 Å². The van der Waals surface area contributed by atoms with Gasteiger partial charge in [-0.15, -0.1) is 11.3 Å². The Morgan fingerprint density at radius 3 is 3.10 bits per heavy atom. The van der Waals surface area contributed by atoms with Gasteiger partial charge in [-0.1, -0.05) is 0 Å². The lowest BCUT2D eigenvalue weighted by Crippen LogP contribution is -2.28. The number of benzene rings is 1. The predicted molar refractivity (Wildman–Crippen MR) is 83.5 cm³/mol. The molecule has 0 amide bonds. The van der Waals surface area contributed by atoms with Crippen LogP contribution in [0.5, 0.6) is 0 Å². The standard InChI is InChI=1S/C14H18N2O2S2/c1-18-10-3-2-4-11(8-10)20(17)14-16-12-6-5-9(15)7-13(12)19-14/h5-7,10-11H,2-4,8,15H2,1H3. The van der Waals surface area contributed by atoms with Crippen molar-refractivity contribution in [3.8, 4) is 0 Å². The molecule has 1 heterocycles. The highest BCUT2D eigenvalue weighted by atomic mass is 32.2. The Kier molecular flexibility index (Phi) is 4.05. The van der Waals surface area contributed by atoms with Crippen LogP contribution in [0.2, 0.25) is 0 Å². The van der Waals surface area contributed by atoms with Crippen LogP contribution in [0, 0.1) is 0 Å². The molecule has 3 rings (SSSR count). The summed E-state index contributed by atoms with van der Waals surface area (Å²) in [7, 11) is 0.688. The highest BCUT2D eigenvalue weighted by Crippen LogP contribution is 2.32. The Morgan fingerprint density at radius 1 is 1.45 bits per heavy atom. The summed E-state index contributed by atoms with van der Waals surface area (Å²) < 4.78 is 19.8. The molecule has 1 aliphatic rings. The summed E-state index contributed by atoms with van der Waals surface area (Å²) in [6.07, 6.45) is 4.24. The summed E-state index contributed by atoms with van der Waals surface area (Å²) in [5, 5.41) is 0.159. The molecule has 3 unspecified atom stereocenters. The van der Waals surface area contributed by atoms with Crippen LogP contribution in [-0.4, -0.2) is 27.7 Å². The second-order valence-corrected chi connectivity index (χ2v) is 8.09. The van der Waals surface area contributed by atoms with E-state index >= 15 is 0 Å². The number of ether oxygens (including phenoxy) is 1. The number of nitrogens with zero attached hydrogens (tertiary/aromatic N) is 1. The first-order chi connectivity index (χ1) is 9.67. The van der Waals surface area contributed by atoms with Gasteiger partial charge in [0.25, 0.3) is 0 Å². The molecule has 6 heteroatoms. The molecule has 20 heavy (non-hydrogen) atoms. The summed E-state index contributed by atoms with van der Waals surface area (Å²) in [5.74, 6) is 0. The molecule has 2 N–H and O–H groups in total. The molecular formula is C14H18N2O2S2. The van der Waals surface area contributed by atoms with E-state index in [1.165, 1.54) is 11.3 Å². The highest BCUT2D eigenvalue weighted by molar-refractivity contribution is 7.88. The maximum atomic E-state index is 12.7. The van der Waals surface area contributed by atoms with Crippen LogP contribution in [0.1, 0.15) is 25.7 Å². The minimum atomic E-state index is -1.04. The smallest absolute Gasteiger partial charge is 0.182 e. The number of thiazole rings is 1. The maximum Gasteiger partial charge on any atom is 0.182 e. The van der Waals surface area contributed by atoms with Crippen molar-refractivity contribution in [1.29, 1.82) is 0 Å². The van der Waals surface area contributed by atoms with E-state index < -0.39 is 10.8 Å². The van der Waals surface area contributed by atoms with E-state index in [-0.39, 0.29) is 11.4 Å². The van der Waals surface area contributed by atoms with E-state index in [0.717, 1.165) is 41.6 Å². The highest BCUT2D eigenvalue weighted by Gasteiger charge is 2.28. The third-order valence-corrected chi connectivity index (χ3v) is 6.80. The van der Waals surface area contributed by atoms with Gasteiger partial charge in [0.1, 0.15) is 0 Å². The number of hydrogen-bond acceptors (Lipinski definition) is 5. The van der Waals surface area contributed by atoms with Gasteiger partial charge in [-0.05, 0) is 43.9 Å². The van der Waals surface area contributed by atoms with Gasteiger partial charge in [0.15, 0.2) is 4.34 Å². The van der Waals surface area contributed by atoms with Gasteiger partial charge in [0.2, 0.25) is 0 Å². The lowest BCUT2D eigenvalue weighted by atomic mass is 9.97. The van der Waals surface area contributed by atoms with Crippen LogP contribution < -0.4 is 5.73 Å². The van der Waals surface area contributed by atoms with E-state index in [0.29, 0.717) is 4.34 Å². The average molecular weight is 310 g/mol. The first-order valence-corrected chi connectivity index (χ1v) is 8.80. The zero-order valence-electron chi connectivity index (χ0n) is 11.4. The number of nitrogen functional groups attached to an aromatic ring is 1. The molecule has 1 fully saturated rings. The number of hydrogen-bond donors (Lipinski definition) is 1. The van der Waals surface area contributed by atoms with E-state index in [1.54, 1.807) is 7.11 Å². The van der Waals surface area contributed by atoms with Crippen molar-refractivity contribution < 1.29 is 8.95 Å². The van der Waals surface area contributed by atoms with Crippen molar-refractivity contribution in [2.24, 2.45) is 0 Å². The summed E-state index contributed by atoms with van der Waals surface area (Å²) in [6, 6.07) is 5.61. The SMILES string of the molecule is COC1CCCC(S(=O)c2nc3ccc(N)cc3s2)C1. The minimum Gasteiger partial charge on any atom is -0.399 e. The van der Waals surface area contributed by atoms with Crippen molar-refractivity contribution in [2.45, 2.75) is 41.4 Å². The molecule has 108 valence electrons. The predicted octanol–water partition coefficient (Wildman–Crippen LogP) is 2.94. The molecule has 0 radical (unpaired) electrons. The van der Waals surface area contributed by atoms with E-state index in [4.69, 9.17) is 10.5 Å². The lowest BCUT2D eigenvalue weighted by Gasteiger charge is -2.26. The normalized spacial score (nSPS) is 24.9. The molecule has 1 aliphatic carbocycles. The summed E-state index contributed by atoms with van der Waals surface area (Å²) >= 11 is 1.49. The Balaban J connectivity index is 1.84. The number of fused-ring (bicyclic) bond motifs is 1. The first kappa shape index (κ1) is 14.0. The Bertz CT molecular complexity index is 641. The molecule has 1 saturated carbocycles. The molecule has 0 aliphatic heterocycles. The van der Waals surface area contributed by atoms with Gasteiger partial charge in [-0.3, -0.25) is 4.21 Å². The zero-order chi connectivity index (χ0) is 14.1. The van der Waals surface area contributed by atoms with Crippen molar-refractivity contribution >= 4 is 38.0 Å². The van der Waals surface area contributed by atoms with Gasteiger partial charge < -0.3 is 10.5 Å². The largest absolute Gasteiger partial charge is 0.399 e. The molecule has 0 saturated heterocycles. The minimum absolute atomic E-state index is 0.159. The van der Waals surface area contributed by atoms with Crippen molar-refractivity contribution in [3.05, 3.63) is 18.2 Å². The Labute approximate surface area is 124 Å². The third kappa shape index (κ3) is 2.73. The molecule has 3 atom stereocenters. The third-order valence-electron chi connectivity index (χ3n) is 3.78. The molecular weight excluding hydrogens is 292 g/mol. The van der Waals surface area contributed by atoms with Gasteiger partial charge in [0.05, 0.1) is 27.1 Å². The van der Waals surface area contributed by atoms with Crippen LogP contribution in [0.3, 0.4) is 0 Å². The molecule has 0 bridgehead atoms. The number of nitrogens with two attached hydrogens (primary N) is 1. The molecule has 2 aromatic rings. The van der Waals surface area contributed by atoms with Crippen molar-refractivity contribution in [1.82, 2.24) is 4.98 Å². The van der Waals surface area contributed by atoms with Gasteiger partial charge in [0, 0.05) is 18.0 Å². The Hall–Kier alpha value is -0.980. The average Bonchev–Trinajstić information content (AvgIpc) is 2.89. The lowest BCUT2D eigenvalue weighted by molar-refractivity contribution is 0.0725. The molecule has 4 nitrogen and oxygen atoms in total. The van der Waals surface area contributed by atoms with Crippen LogP contribution in [-0.2, 0) is 15.5 Å².